The second kappa shape index (κ2) is 7.72. The number of aromatic nitrogens is 4. The second-order valence-corrected chi connectivity index (χ2v) is 8.37. The van der Waals surface area contributed by atoms with Gasteiger partial charge in [-0.2, -0.15) is 0 Å². The van der Waals surface area contributed by atoms with Gasteiger partial charge in [-0.3, -0.25) is 0 Å². The molecule has 6 nitrogen and oxygen atoms in total. The van der Waals surface area contributed by atoms with E-state index in [-0.39, 0.29) is 6.04 Å². The van der Waals surface area contributed by atoms with Gasteiger partial charge in [-0.25, -0.2) is 4.68 Å². The Hall–Kier alpha value is -2.51. The first-order valence-corrected chi connectivity index (χ1v) is 10.7. The van der Waals surface area contributed by atoms with Gasteiger partial charge in [0.2, 0.25) is 0 Å². The van der Waals surface area contributed by atoms with Crippen LogP contribution in [0.5, 0.6) is 0 Å². The van der Waals surface area contributed by atoms with Crippen molar-refractivity contribution in [2.75, 3.05) is 10.2 Å². The summed E-state index contributed by atoms with van der Waals surface area (Å²) in [4.78, 5) is 2.09. The van der Waals surface area contributed by atoms with E-state index in [1.165, 1.54) is 19.3 Å². The third kappa shape index (κ3) is 3.38. The standard InChI is InChI=1S/C21H21ClN6S/c22-14-11-12-17-18(13-14)23-21(29)27(15-7-3-1-4-8-15)19(17)20-24-25-26-28(20)16-9-5-2-6-10-16/h1,3-4,7-8,11-13,16,19H,2,5-6,9-10H2,(H,23,29). The van der Waals surface area contributed by atoms with Gasteiger partial charge in [0.15, 0.2) is 10.9 Å². The minimum absolute atomic E-state index is 0.227. The van der Waals surface area contributed by atoms with Crippen molar-refractivity contribution in [3.63, 3.8) is 0 Å². The molecule has 2 aliphatic rings. The molecule has 2 heterocycles. The van der Waals surface area contributed by atoms with Crippen LogP contribution in [-0.2, 0) is 0 Å². The van der Waals surface area contributed by atoms with Crippen molar-refractivity contribution in [3.8, 4) is 0 Å². The van der Waals surface area contributed by atoms with E-state index in [9.17, 15) is 0 Å². The summed E-state index contributed by atoms with van der Waals surface area (Å²) in [7, 11) is 0. The summed E-state index contributed by atoms with van der Waals surface area (Å²) in [5.74, 6) is 0.813. The Bertz CT molecular complexity index is 1030. The highest BCUT2D eigenvalue weighted by molar-refractivity contribution is 7.80. The number of tetrazole rings is 1. The third-order valence-corrected chi connectivity index (χ3v) is 6.28. The van der Waals surface area contributed by atoms with Crippen molar-refractivity contribution in [1.29, 1.82) is 0 Å². The average molecular weight is 425 g/mol. The van der Waals surface area contributed by atoms with Gasteiger partial charge in [0.1, 0.15) is 6.04 Å². The van der Waals surface area contributed by atoms with Crippen LogP contribution in [0.4, 0.5) is 11.4 Å². The molecule has 0 radical (unpaired) electrons. The van der Waals surface area contributed by atoms with Gasteiger partial charge >= 0.3 is 0 Å². The maximum Gasteiger partial charge on any atom is 0.179 e. The molecule has 0 amide bonds. The second-order valence-electron chi connectivity index (χ2n) is 7.54. The predicted octanol–water partition coefficient (Wildman–Crippen LogP) is 5.14. The Morgan fingerprint density at radius 3 is 2.62 bits per heavy atom. The summed E-state index contributed by atoms with van der Waals surface area (Å²) in [5, 5.41) is 17.6. The number of halogens is 1. The van der Waals surface area contributed by atoms with Crippen LogP contribution in [0.15, 0.2) is 48.5 Å². The lowest BCUT2D eigenvalue weighted by atomic mass is 9.94. The van der Waals surface area contributed by atoms with Crippen molar-refractivity contribution >= 4 is 40.3 Å². The molecule has 0 saturated heterocycles. The van der Waals surface area contributed by atoms with E-state index < -0.39 is 0 Å². The summed E-state index contributed by atoms with van der Waals surface area (Å²) in [6.07, 6.45) is 5.91. The number of para-hydroxylation sites is 1. The lowest BCUT2D eigenvalue weighted by Crippen LogP contribution is -2.44. The van der Waals surface area contributed by atoms with Gasteiger partial charge < -0.3 is 10.2 Å². The molecule has 1 atom stereocenters. The number of nitrogens with zero attached hydrogens (tertiary/aromatic N) is 5. The first kappa shape index (κ1) is 18.5. The van der Waals surface area contributed by atoms with E-state index >= 15 is 0 Å². The zero-order valence-electron chi connectivity index (χ0n) is 15.8. The predicted molar refractivity (Wildman–Crippen MR) is 118 cm³/mol. The molecule has 1 aliphatic carbocycles. The van der Waals surface area contributed by atoms with Gasteiger partial charge in [-0.05, 0) is 59.8 Å². The Morgan fingerprint density at radius 1 is 1.03 bits per heavy atom. The van der Waals surface area contributed by atoms with Crippen LogP contribution in [0.25, 0.3) is 0 Å². The smallest absolute Gasteiger partial charge is 0.179 e. The zero-order valence-corrected chi connectivity index (χ0v) is 17.4. The number of rotatable bonds is 3. The molecular formula is C21H21ClN6S. The summed E-state index contributed by atoms with van der Waals surface area (Å²) < 4.78 is 2.02. The normalized spacial score (nSPS) is 19.7. The molecular weight excluding hydrogens is 404 g/mol. The monoisotopic (exact) mass is 424 g/mol. The van der Waals surface area contributed by atoms with E-state index in [4.69, 9.17) is 23.8 Å². The molecule has 0 spiro atoms. The van der Waals surface area contributed by atoms with Crippen LogP contribution in [0.2, 0.25) is 5.02 Å². The van der Waals surface area contributed by atoms with Crippen LogP contribution in [-0.4, -0.2) is 25.3 Å². The first-order valence-electron chi connectivity index (χ1n) is 9.95. The number of anilines is 2. The molecule has 3 aromatic rings. The van der Waals surface area contributed by atoms with E-state index in [1.807, 2.05) is 41.1 Å². The molecule has 5 rings (SSSR count). The zero-order chi connectivity index (χ0) is 19.8. The number of fused-ring (bicyclic) bond motifs is 1. The highest BCUT2D eigenvalue weighted by atomic mass is 35.5. The van der Waals surface area contributed by atoms with Crippen LogP contribution < -0.4 is 10.2 Å². The molecule has 0 bridgehead atoms. The molecule has 1 fully saturated rings. The van der Waals surface area contributed by atoms with Gasteiger partial charge in [-0.1, -0.05) is 55.1 Å². The topological polar surface area (TPSA) is 58.9 Å². The minimum atomic E-state index is -0.227. The fourth-order valence-electron chi connectivity index (χ4n) is 4.38. The molecule has 8 heteroatoms. The molecule has 1 saturated carbocycles. The lowest BCUT2D eigenvalue weighted by molar-refractivity contribution is 0.314. The van der Waals surface area contributed by atoms with Crippen molar-refractivity contribution < 1.29 is 0 Å². The number of benzene rings is 2. The number of hydrogen-bond acceptors (Lipinski definition) is 4. The van der Waals surface area contributed by atoms with Crippen molar-refractivity contribution in [3.05, 3.63) is 64.9 Å². The van der Waals surface area contributed by atoms with E-state index in [0.717, 1.165) is 35.6 Å². The molecule has 1 N–H and O–H groups in total. The fourth-order valence-corrected chi connectivity index (χ4v) is 4.88. The minimum Gasteiger partial charge on any atom is -0.332 e. The fraction of sp³-hybridized carbons (Fsp3) is 0.333. The molecule has 1 unspecified atom stereocenters. The molecule has 1 aliphatic heterocycles. The largest absolute Gasteiger partial charge is 0.332 e. The van der Waals surface area contributed by atoms with E-state index in [0.29, 0.717) is 16.2 Å². The third-order valence-electron chi connectivity index (χ3n) is 5.75. The van der Waals surface area contributed by atoms with Gasteiger partial charge in [0, 0.05) is 22.0 Å². The van der Waals surface area contributed by atoms with Crippen molar-refractivity contribution in [2.45, 2.75) is 44.2 Å². The highest BCUT2D eigenvalue weighted by Crippen LogP contribution is 2.42. The van der Waals surface area contributed by atoms with Crippen molar-refractivity contribution in [2.24, 2.45) is 0 Å². The highest BCUT2D eigenvalue weighted by Gasteiger charge is 2.37. The summed E-state index contributed by atoms with van der Waals surface area (Å²) in [5.41, 5.74) is 2.95. The first-order chi connectivity index (χ1) is 14.2. The number of nitrogens with one attached hydrogen (secondary N) is 1. The summed E-state index contributed by atoms with van der Waals surface area (Å²) in [6, 6.07) is 16.1. The van der Waals surface area contributed by atoms with Crippen LogP contribution in [0.1, 0.15) is 55.6 Å². The summed E-state index contributed by atoms with van der Waals surface area (Å²) >= 11 is 12.0. The molecule has 148 valence electrons. The Labute approximate surface area is 179 Å². The van der Waals surface area contributed by atoms with Gasteiger partial charge in [0.25, 0.3) is 0 Å². The Morgan fingerprint density at radius 2 is 1.83 bits per heavy atom. The Kier molecular flexibility index (Phi) is 4.93. The van der Waals surface area contributed by atoms with E-state index in [1.54, 1.807) is 0 Å². The summed E-state index contributed by atoms with van der Waals surface area (Å²) in [6.45, 7) is 0. The van der Waals surface area contributed by atoms with E-state index in [2.05, 4.69) is 37.9 Å². The number of hydrogen-bond donors (Lipinski definition) is 1. The van der Waals surface area contributed by atoms with Crippen LogP contribution in [0, 0.1) is 0 Å². The maximum atomic E-state index is 6.26. The van der Waals surface area contributed by atoms with Crippen LogP contribution in [0.3, 0.4) is 0 Å². The van der Waals surface area contributed by atoms with Crippen LogP contribution >= 0.6 is 23.8 Å². The van der Waals surface area contributed by atoms with Crippen molar-refractivity contribution in [1.82, 2.24) is 20.2 Å². The molecule has 29 heavy (non-hydrogen) atoms. The quantitative estimate of drug-likeness (QED) is 0.587. The SMILES string of the molecule is S=C1Nc2cc(Cl)ccc2C(c2nnnn2C2CCCCC2)N1c1ccccc1. The van der Waals surface area contributed by atoms with Gasteiger partial charge in [-0.15, -0.1) is 5.10 Å². The number of thiocarbonyl (C=S) groups is 1. The Balaban J connectivity index is 1.67. The molecule has 2 aromatic carbocycles. The lowest BCUT2D eigenvalue weighted by Gasteiger charge is -2.39. The maximum absolute atomic E-state index is 6.26. The average Bonchev–Trinajstić information content (AvgIpc) is 3.23. The molecule has 1 aromatic heterocycles. The van der Waals surface area contributed by atoms with Gasteiger partial charge in [0.05, 0.1) is 6.04 Å².